The summed E-state index contributed by atoms with van der Waals surface area (Å²) in [7, 11) is 0. The van der Waals surface area contributed by atoms with Crippen LogP contribution in [0.2, 0.25) is 0 Å². The number of benzene rings is 1. The van der Waals surface area contributed by atoms with Crippen LogP contribution < -0.4 is 4.74 Å². The highest BCUT2D eigenvalue weighted by atomic mass is 19.3. The van der Waals surface area contributed by atoms with E-state index in [1.165, 1.54) is 24.3 Å². The number of aromatic nitrogens is 1. The zero-order valence-electron chi connectivity index (χ0n) is 7.91. The summed E-state index contributed by atoms with van der Waals surface area (Å²) in [5.41, 5.74) is 0.444. The maximum atomic E-state index is 11.9. The third-order valence-electron chi connectivity index (χ3n) is 2.05. The first-order chi connectivity index (χ1) is 7.56. The van der Waals surface area contributed by atoms with E-state index >= 15 is 0 Å². The van der Waals surface area contributed by atoms with Gasteiger partial charge in [0.05, 0.1) is 0 Å². The number of H-pyrrole nitrogens is 1. The van der Waals surface area contributed by atoms with Crippen LogP contribution in [0.25, 0.3) is 10.9 Å². The molecule has 0 aliphatic heterocycles. The van der Waals surface area contributed by atoms with Gasteiger partial charge >= 0.3 is 12.6 Å². The van der Waals surface area contributed by atoms with Crippen molar-refractivity contribution in [2.24, 2.45) is 0 Å². The molecule has 6 heteroatoms. The van der Waals surface area contributed by atoms with E-state index in [1.54, 1.807) is 0 Å². The van der Waals surface area contributed by atoms with Crippen molar-refractivity contribution >= 4 is 16.9 Å². The molecule has 0 amide bonds. The molecule has 0 fully saturated rings. The van der Waals surface area contributed by atoms with Crippen molar-refractivity contribution in [2.45, 2.75) is 6.61 Å². The van der Waals surface area contributed by atoms with E-state index in [1.807, 2.05) is 0 Å². The fourth-order valence-corrected chi connectivity index (χ4v) is 1.40. The van der Waals surface area contributed by atoms with Gasteiger partial charge in [-0.1, -0.05) is 0 Å². The predicted octanol–water partition coefficient (Wildman–Crippen LogP) is 2.47. The third-order valence-corrected chi connectivity index (χ3v) is 2.05. The first kappa shape index (κ1) is 10.4. The molecule has 1 aromatic heterocycles. The van der Waals surface area contributed by atoms with Gasteiger partial charge in [-0.2, -0.15) is 8.78 Å². The normalized spacial score (nSPS) is 10.9. The quantitative estimate of drug-likeness (QED) is 0.846. The Kier molecular flexibility index (Phi) is 2.47. The summed E-state index contributed by atoms with van der Waals surface area (Å²) < 4.78 is 28.0. The minimum Gasteiger partial charge on any atom is -0.477 e. The van der Waals surface area contributed by atoms with E-state index in [0.29, 0.717) is 10.9 Å². The minimum absolute atomic E-state index is 0.00389. The lowest BCUT2D eigenvalue weighted by atomic mass is 10.2. The fraction of sp³-hybridized carbons (Fsp3) is 0.100. The summed E-state index contributed by atoms with van der Waals surface area (Å²) in [6, 6.07) is 5.61. The number of carboxylic acid groups (broad SMARTS) is 1. The predicted molar refractivity (Wildman–Crippen MR) is 51.9 cm³/mol. The Bertz CT molecular complexity index is 536. The number of aromatic amines is 1. The Morgan fingerprint density at radius 3 is 2.75 bits per heavy atom. The molecule has 0 bridgehead atoms. The van der Waals surface area contributed by atoms with Gasteiger partial charge < -0.3 is 14.8 Å². The Labute approximate surface area is 88.5 Å². The van der Waals surface area contributed by atoms with Crippen LogP contribution in [-0.2, 0) is 0 Å². The van der Waals surface area contributed by atoms with Crippen molar-refractivity contribution < 1.29 is 23.4 Å². The van der Waals surface area contributed by atoms with Gasteiger partial charge in [-0.25, -0.2) is 4.79 Å². The first-order valence-electron chi connectivity index (χ1n) is 4.37. The number of nitrogens with one attached hydrogen (secondary N) is 1. The smallest absolute Gasteiger partial charge is 0.387 e. The molecule has 0 atom stereocenters. The average molecular weight is 227 g/mol. The highest BCUT2D eigenvalue weighted by molar-refractivity contribution is 5.94. The number of ether oxygens (including phenoxy) is 1. The maximum absolute atomic E-state index is 11.9. The number of rotatable bonds is 3. The van der Waals surface area contributed by atoms with Crippen molar-refractivity contribution in [3.63, 3.8) is 0 Å². The molecule has 16 heavy (non-hydrogen) atoms. The summed E-state index contributed by atoms with van der Waals surface area (Å²) in [4.78, 5) is 13.2. The molecule has 0 aliphatic rings. The van der Waals surface area contributed by atoms with Crippen molar-refractivity contribution in [3.05, 3.63) is 30.0 Å². The number of carboxylic acids is 1. The summed E-state index contributed by atoms with van der Waals surface area (Å²) in [6.45, 7) is -2.90. The van der Waals surface area contributed by atoms with Crippen LogP contribution in [0.4, 0.5) is 8.78 Å². The van der Waals surface area contributed by atoms with E-state index in [-0.39, 0.29) is 11.4 Å². The molecular weight excluding hydrogens is 220 g/mol. The molecule has 0 aliphatic carbocycles. The molecule has 4 nitrogen and oxygen atoms in total. The minimum atomic E-state index is -2.90. The molecule has 0 saturated carbocycles. The Morgan fingerprint density at radius 1 is 1.38 bits per heavy atom. The molecule has 0 unspecified atom stereocenters. The highest BCUT2D eigenvalue weighted by Crippen LogP contribution is 2.22. The van der Waals surface area contributed by atoms with Crippen LogP contribution in [0.15, 0.2) is 24.3 Å². The molecule has 84 valence electrons. The molecular formula is C10H7F2NO3. The number of hydrogen-bond acceptors (Lipinski definition) is 2. The Balaban J connectivity index is 2.41. The number of carbonyl (C=O) groups is 1. The zero-order valence-corrected chi connectivity index (χ0v) is 7.91. The van der Waals surface area contributed by atoms with Gasteiger partial charge in [-0.05, 0) is 18.2 Å². The largest absolute Gasteiger partial charge is 0.477 e. The van der Waals surface area contributed by atoms with Crippen LogP contribution in [0.5, 0.6) is 5.75 Å². The van der Waals surface area contributed by atoms with Crippen molar-refractivity contribution in [1.82, 2.24) is 4.98 Å². The summed E-state index contributed by atoms with van der Waals surface area (Å²) in [6.07, 6.45) is 0. The van der Waals surface area contributed by atoms with E-state index in [9.17, 15) is 13.6 Å². The molecule has 2 rings (SSSR count). The van der Waals surface area contributed by atoms with Crippen LogP contribution >= 0.6 is 0 Å². The SMILES string of the molecule is O=C(O)c1cc2ccc(OC(F)F)cc2[nH]1. The Morgan fingerprint density at radius 2 is 2.12 bits per heavy atom. The summed E-state index contributed by atoms with van der Waals surface area (Å²) in [5.74, 6) is -1.12. The van der Waals surface area contributed by atoms with Crippen molar-refractivity contribution in [2.75, 3.05) is 0 Å². The van der Waals surface area contributed by atoms with Gasteiger partial charge in [-0.15, -0.1) is 0 Å². The van der Waals surface area contributed by atoms with Crippen LogP contribution in [0.1, 0.15) is 10.5 Å². The van der Waals surface area contributed by atoms with Gasteiger partial charge in [0.1, 0.15) is 11.4 Å². The molecule has 0 spiro atoms. The lowest BCUT2D eigenvalue weighted by Gasteiger charge is -2.03. The Hall–Kier alpha value is -2.11. The number of alkyl halides is 2. The van der Waals surface area contributed by atoms with E-state index in [0.717, 1.165) is 0 Å². The lowest BCUT2D eigenvalue weighted by molar-refractivity contribution is -0.0497. The van der Waals surface area contributed by atoms with E-state index in [2.05, 4.69) is 9.72 Å². The number of aromatic carboxylic acids is 1. The molecule has 0 radical (unpaired) electrons. The maximum Gasteiger partial charge on any atom is 0.387 e. The van der Waals surface area contributed by atoms with Crippen molar-refractivity contribution in [3.8, 4) is 5.75 Å². The average Bonchev–Trinajstić information content (AvgIpc) is 2.59. The second-order valence-electron chi connectivity index (χ2n) is 3.12. The molecule has 1 aromatic carbocycles. The summed E-state index contributed by atoms with van der Waals surface area (Å²) in [5, 5.41) is 9.34. The highest BCUT2D eigenvalue weighted by Gasteiger charge is 2.09. The second kappa shape index (κ2) is 3.80. The molecule has 1 heterocycles. The number of halogens is 2. The first-order valence-corrected chi connectivity index (χ1v) is 4.37. The number of hydrogen-bond donors (Lipinski definition) is 2. The molecule has 0 saturated heterocycles. The molecule has 2 N–H and O–H groups in total. The van der Waals surface area contributed by atoms with Crippen LogP contribution in [0.3, 0.4) is 0 Å². The zero-order chi connectivity index (χ0) is 11.7. The molecule has 2 aromatic rings. The third kappa shape index (κ3) is 1.95. The summed E-state index contributed by atoms with van der Waals surface area (Å²) >= 11 is 0. The van der Waals surface area contributed by atoms with Crippen molar-refractivity contribution in [1.29, 1.82) is 0 Å². The van der Waals surface area contributed by atoms with Gasteiger partial charge in [-0.3, -0.25) is 0 Å². The van der Waals surface area contributed by atoms with Gasteiger partial charge in [0.25, 0.3) is 0 Å². The second-order valence-corrected chi connectivity index (χ2v) is 3.12. The monoisotopic (exact) mass is 227 g/mol. The topological polar surface area (TPSA) is 62.3 Å². The van der Waals surface area contributed by atoms with Gasteiger partial charge in [0.2, 0.25) is 0 Å². The van der Waals surface area contributed by atoms with E-state index < -0.39 is 12.6 Å². The number of fused-ring (bicyclic) bond motifs is 1. The van der Waals surface area contributed by atoms with E-state index in [4.69, 9.17) is 5.11 Å². The van der Waals surface area contributed by atoms with Crippen LogP contribution in [-0.4, -0.2) is 22.7 Å². The standard InChI is InChI=1S/C10H7F2NO3/c11-10(12)16-6-2-1-5-3-8(9(14)15)13-7(5)4-6/h1-4,10,13H,(H,14,15). The van der Waals surface area contributed by atoms with Gasteiger partial charge in [0.15, 0.2) is 0 Å². The van der Waals surface area contributed by atoms with Gasteiger partial charge in [0, 0.05) is 17.0 Å². The lowest BCUT2D eigenvalue weighted by Crippen LogP contribution is -2.01. The fourth-order valence-electron chi connectivity index (χ4n) is 1.40. The van der Waals surface area contributed by atoms with Crippen LogP contribution in [0, 0.1) is 0 Å².